The molecule has 0 saturated carbocycles. The van der Waals surface area contributed by atoms with Crippen molar-refractivity contribution >= 4 is 17.6 Å². The summed E-state index contributed by atoms with van der Waals surface area (Å²) in [5.74, 6) is -1.00. The van der Waals surface area contributed by atoms with Crippen molar-refractivity contribution in [2.75, 3.05) is 7.11 Å². The minimum atomic E-state index is -1.78. The summed E-state index contributed by atoms with van der Waals surface area (Å²) < 4.78 is 4.27. The number of pyridine rings is 1. The van der Waals surface area contributed by atoms with Crippen LogP contribution in [0, 0.1) is 11.3 Å². The smallest absolute Gasteiger partial charge is 0.337 e. The van der Waals surface area contributed by atoms with Crippen LogP contribution in [0.5, 0.6) is 0 Å². The SMILES string of the molecule is COC(=O)C(O)C(O)c1cc(C#N)cnc1Cl. The Balaban J connectivity index is 3.07. The fraction of sp³-hybridized carbons (Fsp3) is 0.300. The number of nitriles is 1. The molecular weight excluding hydrogens is 248 g/mol. The van der Waals surface area contributed by atoms with Gasteiger partial charge in [-0.3, -0.25) is 0 Å². The standard InChI is InChI=1S/C10H9ClN2O4/c1-17-10(16)8(15)7(14)6-2-5(3-12)4-13-9(6)11/h2,4,7-8,14-15H,1H3. The van der Waals surface area contributed by atoms with Crippen LogP contribution in [0.3, 0.4) is 0 Å². The number of halogens is 1. The Kier molecular flexibility index (Phi) is 4.40. The zero-order chi connectivity index (χ0) is 13.0. The first-order chi connectivity index (χ1) is 8.01. The van der Waals surface area contributed by atoms with Crippen molar-refractivity contribution in [1.82, 2.24) is 4.98 Å². The summed E-state index contributed by atoms with van der Waals surface area (Å²) in [6, 6.07) is 3.04. The molecule has 0 aromatic carbocycles. The highest BCUT2D eigenvalue weighted by molar-refractivity contribution is 6.30. The Labute approximate surface area is 102 Å². The van der Waals surface area contributed by atoms with E-state index in [1.807, 2.05) is 0 Å². The molecular formula is C10H9ClN2O4. The number of aliphatic hydroxyl groups excluding tert-OH is 2. The summed E-state index contributed by atoms with van der Waals surface area (Å²) in [6.45, 7) is 0. The minimum Gasteiger partial charge on any atom is -0.467 e. The van der Waals surface area contributed by atoms with E-state index in [0.29, 0.717) is 0 Å². The molecule has 0 saturated heterocycles. The van der Waals surface area contributed by atoms with Crippen molar-refractivity contribution in [2.24, 2.45) is 0 Å². The van der Waals surface area contributed by atoms with Crippen LogP contribution in [0.25, 0.3) is 0 Å². The molecule has 0 spiro atoms. The number of rotatable bonds is 3. The van der Waals surface area contributed by atoms with E-state index in [4.69, 9.17) is 16.9 Å². The van der Waals surface area contributed by atoms with Crippen molar-refractivity contribution in [2.45, 2.75) is 12.2 Å². The molecule has 0 aliphatic rings. The number of carbonyl (C=O) groups excluding carboxylic acids is 1. The molecule has 1 aromatic rings. The third-order valence-electron chi connectivity index (χ3n) is 2.06. The van der Waals surface area contributed by atoms with Gasteiger partial charge in [0.05, 0.1) is 12.7 Å². The Morgan fingerprint density at radius 3 is 2.82 bits per heavy atom. The maximum absolute atomic E-state index is 11.0. The first-order valence-electron chi connectivity index (χ1n) is 4.50. The fourth-order valence-corrected chi connectivity index (χ4v) is 1.37. The van der Waals surface area contributed by atoms with Crippen molar-refractivity contribution in [3.05, 3.63) is 28.5 Å². The Bertz CT molecular complexity index is 472. The normalized spacial score (nSPS) is 13.6. The van der Waals surface area contributed by atoms with Crippen molar-refractivity contribution < 1.29 is 19.7 Å². The van der Waals surface area contributed by atoms with E-state index in [0.717, 1.165) is 7.11 Å². The molecule has 0 aliphatic carbocycles. The number of aromatic nitrogens is 1. The number of hydrogen-bond acceptors (Lipinski definition) is 6. The van der Waals surface area contributed by atoms with Crippen LogP contribution in [0.1, 0.15) is 17.2 Å². The number of hydrogen-bond donors (Lipinski definition) is 2. The van der Waals surface area contributed by atoms with Crippen LogP contribution in [-0.2, 0) is 9.53 Å². The third-order valence-corrected chi connectivity index (χ3v) is 2.37. The van der Waals surface area contributed by atoms with Gasteiger partial charge in [-0.25, -0.2) is 9.78 Å². The molecule has 0 bridgehead atoms. The van der Waals surface area contributed by atoms with Gasteiger partial charge in [-0.1, -0.05) is 11.6 Å². The van der Waals surface area contributed by atoms with Crippen molar-refractivity contribution in [3.63, 3.8) is 0 Å². The predicted molar refractivity (Wildman–Crippen MR) is 56.9 cm³/mol. The second-order valence-electron chi connectivity index (χ2n) is 3.13. The molecule has 7 heteroatoms. The predicted octanol–water partition coefficient (Wildman–Crippen LogP) is 0.174. The maximum atomic E-state index is 11.0. The number of aliphatic hydroxyl groups is 2. The highest BCUT2D eigenvalue weighted by Gasteiger charge is 2.28. The van der Waals surface area contributed by atoms with E-state index in [-0.39, 0.29) is 16.3 Å². The lowest BCUT2D eigenvalue weighted by Gasteiger charge is -2.16. The quantitative estimate of drug-likeness (QED) is 0.590. The van der Waals surface area contributed by atoms with Crippen LogP contribution in [0.15, 0.2) is 12.3 Å². The number of ether oxygens (including phenoxy) is 1. The largest absolute Gasteiger partial charge is 0.467 e. The van der Waals surface area contributed by atoms with Crippen molar-refractivity contribution in [1.29, 1.82) is 5.26 Å². The minimum absolute atomic E-state index is 0.0105. The summed E-state index contributed by atoms with van der Waals surface area (Å²) in [4.78, 5) is 14.7. The van der Waals surface area contributed by atoms with E-state index < -0.39 is 18.2 Å². The van der Waals surface area contributed by atoms with Crippen LogP contribution in [0.4, 0.5) is 0 Å². The van der Waals surface area contributed by atoms with Gasteiger partial charge in [-0.05, 0) is 6.07 Å². The topological polar surface area (TPSA) is 103 Å². The molecule has 90 valence electrons. The lowest BCUT2D eigenvalue weighted by molar-refractivity contribution is -0.156. The molecule has 0 radical (unpaired) electrons. The summed E-state index contributed by atoms with van der Waals surface area (Å²) in [6.07, 6.45) is -2.17. The van der Waals surface area contributed by atoms with Gasteiger partial charge in [0.1, 0.15) is 17.3 Å². The zero-order valence-electron chi connectivity index (χ0n) is 8.79. The van der Waals surface area contributed by atoms with E-state index in [9.17, 15) is 15.0 Å². The van der Waals surface area contributed by atoms with Crippen LogP contribution >= 0.6 is 11.6 Å². The van der Waals surface area contributed by atoms with Gasteiger partial charge in [-0.2, -0.15) is 5.26 Å². The van der Waals surface area contributed by atoms with Gasteiger partial charge in [0.25, 0.3) is 0 Å². The molecule has 1 aromatic heterocycles. The monoisotopic (exact) mass is 256 g/mol. The Morgan fingerprint density at radius 1 is 1.65 bits per heavy atom. The summed E-state index contributed by atoms with van der Waals surface area (Å²) >= 11 is 5.70. The van der Waals surface area contributed by atoms with Crippen LogP contribution < -0.4 is 0 Å². The van der Waals surface area contributed by atoms with Crippen molar-refractivity contribution in [3.8, 4) is 6.07 Å². The van der Waals surface area contributed by atoms with Crippen LogP contribution in [0.2, 0.25) is 5.15 Å². The zero-order valence-corrected chi connectivity index (χ0v) is 9.55. The molecule has 0 amide bonds. The summed E-state index contributed by atoms with van der Waals surface area (Å²) in [7, 11) is 1.07. The van der Waals surface area contributed by atoms with Gasteiger partial charge in [-0.15, -0.1) is 0 Å². The molecule has 2 atom stereocenters. The third kappa shape index (κ3) is 2.91. The van der Waals surface area contributed by atoms with Gasteiger partial charge < -0.3 is 14.9 Å². The van der Waals surface area contributed by atoms with E-state index in [1.165, 1.54) is 12.3 Å². The average Bonchev–Trinajstić information content (AvgIpc) is 2.36. The van der Waals surface area contributed by atoms with Gasteiger partial charge in [0, 0.05) is 11.8 Å². The molecule has 6 nitrogen and oxygen atoms in total. The molecule has 0 fully saturated rings. The number of carbonyl (C=O) groups is 1. The lowest BCUT2D eigenvalue weighted by Crippen LogP contribution is -2.29. The summed E-state index contributed by atoms with van der Waals surface area (Å²) in [5.41, 5.74) is 0.143. The molecule has 2 unspecified atom stereocenters. The van der Waals surface area contributed by atoms with Gasteiger partial charge in [0.2, 0.25) is 0 Å². The van der Waals surface area contributed by atoms with E-state index in [1.54, 1.807) is 6.07 Å². The van der Waals surface area contributed by atoms with Gasteiger partial charge in [0.15, 0.2) is 6.10 Å². The first-order valence-corrected chi connectivity index (χ1v) is 4.88. The number of esters is 1. The van der Waals surface area contributed by atoms with E-state index in [2.05, 4.69) is 9.72 Å². The van der Waals surface area contributed by atoms with E-state index >= 15 is 0 Å². The second-order valence-corrected chi connectivity index (χ2v) is 3.49. The Hall–Kier alpha value is -1.68. The highest BCUT2D eigenvalue weighted by Crippen LogP contribution is 2.24. The second kappa shape index (κ2) is 5.59. The van der Waals surface area contributed by atoms with Gasteiger partial charge >= 0.3 is 5.97 Å². The molecule has 2 N–H and O–H groups in total. The number of nitrogens with zero attached hydrogens (tertiary/aromatic N) is 2. The average molecular weight is 257 g/mol. The fourth-order valence-electron chi connectivity index (χ4n) is 1.15. The molecule has 0 aliphatic heterocycles. The molecule has 1 heterocycles. The molecule has 1 rings (SSSR count). The first kappa shape index (κ1) is 13.4. The van der Waals surface area contributed by atoms with Crippen LogP contribution in [-0.4, -0.2) is 34.4 Å². The number of methoxy groups -OCH3 is 1. The summed E-state index contributed by atoms with van der Waals surface area (Å²) in [5, 5.41) is 27.7. The Morgan fingerprint density at radius 2 is 2.29 bits per heavy atom. The lowest BCUT2D eigenvalue weighted by atomic mass is 10.1. The highest BCUT2D eigenvalue weighted by atomic mass is 35.5. The molecule has 17 heavy (non-hydrogen) atoms. The maximum Gasteiger partial charge on any atom is 0.337 e.